The second kappa shape index (κ2) is 7.29. The highest BCUT2D eigenvalue weighted by molar-refractivity contribution is 6.30. The number of hydrogen-bond acceptors (Lipinski definition) is 3. The normalized spacial score (nSPS) is 10.6. The predicted molar refractivity (Wildman–Crippen MR) is 81.2 cm³/mol. The number of rotatable bonds is 6. The minimum atomic E-state index is -0.428. The lowest BCUT2D eigenvalue weighted by atomic mass is 10.1. The predicted octanol–water partition coefficient (Wildman–Crippen LogP) is 3.87. The van der Waals surface area contributed by atoms with E-state index in [-0.39, 0.29) is 10.8 Å². The van der Waals surface area contributed by atoms with E-state index in [4.69, 9.17) is 16.3 Å². The van der Waals surface area contributed by atoms with Crippen molar-refractivity contribution in [1.29, 1.82) is 0 Å². The highest BCUT2D eigenvalue weighted by atomic mass is 35.5. The zero-order chi connectivity index (χ0) is 15.2. The van der Waals surface area contributed by atoms with Gasteiger partial charge in [0.2, 0.25) is 0 Å². The largest absolute Gasteiger partial charge is 0.504 e. The van der Waals surface area contributed by atoms with Crippen LogP contribution in [0.25, 0.3) is 0 Å². The number of aromatic hydroxyl groups is 1. The van der Waals surface area contributed by atoms with Crippen molar-refractivity contribution in [2.45, 2.75) is 20.0 Å². The summed E-state index contributed by atoms with van der Waals surface area (Å²) < 4.78 is 18.4. The quantitative estimate of drug-likeness (QED) is 0.851. The molecule has 0 spiro atoms. The molecule has 0 heterocycles. The minimum absolute atomic E-state index is 0.107. The number of phenols is 1. The molecule has 0 aliphatic rings. The van der Waals surface area contributed by atoms with Gasteiger partial charge in [-0.15, -0.1) is 0 Å². The molecule has 0 amide bonds. The van der Waals surface area contributed by atoms with Crippen LogP contribution in [0, 0.1) is 5.82 Å². The van der Waals surface area contributed by atoms with Gasteiger partial charge < -0.3 is 15.2 Å². The topological polar surface area (TPSA) is 41.5 Å². The molecule has 112 valence electrons. The molecule has 0 aliphatic carbocycles. The summed E-state index contributed by atoms with van der Waals surface area (Å²) in [6.07, 6.45) is 0. The molecule has 0 saturated heterocycles. The van der Waals surface area contributed by atoms with Gasteiger partial charge in [-0.1, -0.05) is 29.8 Å². The fourth-order valence-electron chi connectivity index (χ4n) is 1.97. The Labute approximate surface area is 128 Å². The van der Waals surface area contributed by atoms with Gasteiger partial charge in [0, 0.05) is 18.7 Å². The summed E-state index contributed by atoms with van der Waals surface area (Å²) in [5.41, 5.74) is 1.62. The lowest BCUT2D eigenvalue weighted by Crippen LogP contribution is -2.13. The van der Waals surface area contributed by atoms with Crippen molar-refractivity contribution < 1.29 is 14.2 Å². The maximum atomic E-state index is 13.1. The molecule has 2 rings (SSSR count). The van der Waals surface area contributed by atoms with E-state index in [1.807, 2.05) is 19.1 Å². The maximum absolute atomic E-state index is 13.1. The van der Waals surface area contributed by atoms with Crippen LogP contribution in [0.3, 0.4) is 0 Å². The number of benzene rings is 2. The number of ether oxygens (including phenoxy) is 1. The number of halogens is 2. The van der Waals surface area contributed by atoms with Crippen molar-refractivity contribution >= 4 is 11.6 Å². The summed E-state index contributed by atoms with van der Waals surface area (Å²) in [6.45, 7) is 3.36. The third-order valence-corrected chi connectivity index (χ3v) is 3.30. The Morgan fingerprint density at radius 2 is 2.05 bits per heavy atom. The van der Waals surface area contributed by atoms with E-state index in [1.165, 1.54) is 6.07 Å². The minimum Gasteiger partial charge on any atom is -0.504 e. The van der Waals surface area contributed by atoms with Crippen molar-refractivity contribution in [3.63, 3.8) is 0 Å². The van der Waals surface area contributed by atoms with E-state index >= 15 is 0 Å². The van der Waals surface area contributed by atoms with Crippen LogP contribution >= 0.6 is 11.6 Å². The Balaban J connectivity index is 1.97. The molecule has 0 atom stereocenters. The summed E-state index contributed by atoms with van der Waals surface area (Å²) >= 11 is 5.73. The SMILES string of the molecule is CCOc1cccc(CNCc2ccc(F)c(Cl)c2)c1O. The van der Waals surface area contributed by atoms with Crippen molar-refractivity contribution in [3.05, 3.63) is 58.4 Å². The molecule has 0 aliphatic heterocycles. The van der Waals surface area contributed by atoms with E-state index in [0.29, 0.717) is 25.4 Å². The summed E-state index contributed by atoms with van der Waals surface area (Å²) in [7, 11) is 0. The molecule has 0 radical (unpaired) electrons. The summed E-state index contributed by atoms with van der Waals surface area (Å²) in [6, 6.07) is 9.97. The van der Waals surface area contributed by atoms with Gasteiger partial charge in [-0.25, -0.2) is 4.39 Å². The Morgan fingerprint density at radius 1 is 1.24 bits per heavy atom. The third-order valence-electron chi connectivity index (χ3n) is 3.01. The van der Waals surface area contributed by atoms with Gasteiger partial charge in [-0.05, 0) is 30.7 Å². The van der Waals surface area contributed by atoms with Gasteiger partial charge in [0.05, 0.1) is 11.6 Å². The van der Waals surface area contributed by atoms with E-state index in [1.54, 1.807) is 18.2 Å². The second-order valence-electron chi connectivity index (χ2n) is 4.55. The van der Waals surface area contributed by atoms with Crippen LogP contribution in [0.5, 0.6) is 11.5 Å². The monoisotopic (exact) mass is 309 g/mol. The Kier molecular flexibility index (Phi) is 5.42. The molecule has 0 fully saturated rings. The fourth-order valence-corrected chi connectivity index (χ4v) is 2.18. The Morgan fingerprint density at radius 3 is 2.76 bits per heavy atom. The Bertz CT molecular complexity index is 619. The highest BCUT2D eigenvalue weighted by Gasteiger charge is 2.07. The van der Waals surface area contributed by atoms with Gasteiger partial charge in [0.1, 0.15) is 5.82 Å². The third kappa shape index (κ3) is 4.09. The molecule has 2 aromatic carbocycles. The van der Waals surface area contributed by atoms with Crippen LogP contribution in [0.2, 0.25) is 5.02 Å². The molecule has 0 bridgehead atoms. The van der Waals surface area contributed by atoms with Gasteiger partial charge in [-0.3, -0.25) is 0 Å². The van der Waals surface area contributed by atoms with Crippen LogP contribution < -0.4 is 10.1 Å². The molecule has 2 aromatic rings. The first-order chi connectivity index (χ1) is 10.1. The van der Waals surface area contributed by atoms with Crippen LogP contribution in [-0.4, -0.2) is 11.7 Å². The maximum Gasteiger partial charge on any atom is 0.162 e. The average Bonchev–Trinajstić information content (AvgIpc) is 2.47. The van der Waals surface area contributed by atoms with Crippen molar-refractivity contribution in [2.75, 3.05) is 6.61 Å². The number of phenolic OH excluding ortho intramolecular Hbond substituents is 1. The zero-order valence-corrected chi connectivity index (χ0v) is 12.5. The van der Waals surface area contributed by atoms with Gasteiger partial charge >= 0.3 is 0 Å². The summed E-state index contributed by atoms with van der Waals surface area (Å²) in [5, 5.41) is 13.3. The molecule has 2 N–H and O–H groups in total. The summed E-state index contributed by atoms with van der Waals surface area (Å²) in [5.74, 6) is 0.188. The molecular formula is C16H17ClFNO2. The van der Waals surface area contributed by atoms with Gasteiger partial charge in [0.25, 0.3) is 0 Å². The van der Waals surface area contributed by atoms with E-state index < -0.39 is 5.82 Å². The number of nitrogens with one attached hydrogen (secondary N) is 1. The lowest BCUT2D eigenvalue weighted by Gasteiger charge is -2.11. The van der Waals surface area contributed by atoms with Gasteiger partial charge in [0.15, 0.2) is 11.5 Å². The molecule has 0 aromatic heterocycles. The van der Waals surface area contributed by atoms with E-state index in [9.17, 15) is 9.50 Å². The molecule has 3 nitrogen and oxygen atoms in total. The fraction of sp³-hybridized carbons (Fsp3) is 0.250. The van der Waals surface area contributed by atoms with Crippen LogP contribution in [0.1, 0.15) is 18.1 Å². The van der Waals surface area contributed by atoms with Crippen molar-refractivity contribution in [2.24, 2.45) is 0 Å². The zero-order valence-electron chi connectivity index (χ0n) is 11.7. The smallest absolute Gasteiger partial charge is 0.162 e. The van der Waals surface area contributed by atoms with Crippen LogP contribution in [-0.2, 0) is 13.1 Å². The van der Waals surface area contributed by atoms with Gasteiger partial charge in [-0.2, -0.15) is 0 Å². The molecule has 5 heteroatoms. The molecule has 0 unspecified atom stereocenters. The first-order valence-corrected chi connectivity index (χ1v) is 7.08. The highest BCUT2D eigenvalue weighted by Crippen LogP contribution is 2.29. The molecule has 0 saturated carbocycles. The molecule has 21 heavy (non-hydrogen) atoms. The number of para-hydroxylation sites is 1. The standard InChI is InChI=1S/C16H17ClFNO2/c1-2-21-15-5-3-4-12(16(15)20)10-19-9-11-6-7-14(18)13(17)8-11/h3-8,19-20H,2,9-10H2,1H3. The van der Waals surface area contributed by atoms with Crippen molar-refractivity contribution in [1.82, 2.24) is 5.32 Å². The van der Waals surface area contributed by atoms with Crippen LogP contribution in [0.4, 0.5) is 4.39 Å². The van der Waals surface area contributed by atoms with E-state index in [0.717, 1.165) is 11.1 Å². The molecular weight excluding hydrogens is 293 g/mol. The first kappa shape index (κ1) is 15.6. The first-order valence-electron chi connectivity index (χ1n) is 6.70. The second-order valence-corrected chi connectivity index (χ2v) is 4.96. The van der Waals surface area contributed by atoms with Crippen molar-refractivity contribution in [3.8, 4) is 11.5 Å². The summed E-state index contributed by atoms with van der Waals surface area (Å²) in [4.78, 5) is 0. The Hall–Kier alpha value is -1.78. The lowest BCUT2D eigenvalue weighted by molar-refractivity contribution is 0.316. The average molecular weight is 310 g/mol. The van der Waals surface area contributed by atoms with Crippen LogP contribution in [0.15, 0.2) is 36.4 Å². The number of hydrogen-bond donors (Lipinski definition) is 2. The van der Waals surface area contributed by atoms with E-state index in [2.05, 4.69) is 5.32 Å².